The van der Waals surface area contributed by atoms with Crippen molar-refractivity contribution in [2.45, 2.75) is 19.8 Å². The number of sulfonamides is 1. The summed E-state index contributed by atoms with van der Waals surface area (Å²) in [6.45, 7) is 2.60. The number of halogens is 2. The van der Waals surface area contributed by atoms with Crippen molar-refractivity contribution < 1.29 is 17.9 Å². The maximum atomic E-state index is 12.3. The zero-order valence-corrected chi connectivity index (χ0v) is 18.6. The molecule has 2 aromatic rings. The molecule has 0 fully saturated rings. The van der Waals surface area contributed by atoms with Gasteiger partial charge in [0.2, 0.25) is 15.9 Å². The van der Waals surface area contributed by atoms with Gasteiger partial charge in [-0.25, -0.2) is 8.42 Å². The van der Waals surface area contributed by atoms with Crippen molar-refractivity contribution in [3.63, 3.8) is 0 Å². The molecule has 0 aliphatic carbocycles. The number of amides is 1. The van der Waals surface area contributed by atoms with Crippen LogP contribution in [0, 0.1) is 0 Å². The Balaban J connectivity index is 1.89. The second kappa shape index (κ2) is 10.7. The highest BCUT2D eigenvalue weighted by atomic mass is 35.5. The summed E-state index contributed by atoms with van der Waals surface area (Å²) in [5.41, 5.74) is 1.30. The van der Waals surface area contributed by atoms with Gasteiger partial charge in [-0.05, 0) is 49.6 Å². The number of hydrogen-bond donors (Lipinski definition) is 1. The molecule has 0 bridgehead atoms. The zero-order chi connectivity index (χ0) is 21.4. The largest absolute Gasteiger partial charge is 0.494 e. The predicted octanol–water partition coefficient (Wildman–Crippen LogP) is 3.91. The van der Waals surface area contributed by atoms with E-state index < -0.39 is 15.9 Å². The van der Waals surface area contributed by atoms with Crippen molar-refractivity contribution in [1.82, 2.24) is 5.32 Å². The zero-order valence-electron chi connectivity index (χ0n) is 16.3. The third kappa shape index (κ3) is 7.10. The van der Waals surface area contributed by atoms with E-state index in [1.807, 2.05) is 31.2 Å². The Morgan fingerprint density at radius 3 is 2.45 bits per heavy atom. The van der Waals surface area contributed by atoms with Crippen LogP contribution >= 0.6 is 23.2 Å². The van der Waals surface area contributed by atoms with Gasteiger partial charge in [0.25, 0.3) is 0 Å². The van der Waals surface area contributed by atoms with Crippen LogP contribution in [0.15, 0.2) is 42.5 Å². The Morgan fingerprint density at radius 2 is 1.83 bits per heavy atom. The molecule has 1 amide bonds. The van der Waals surface area contributed by atoms with Crippen LogP contribution in [0.25, 0.3) is 0 Å². The van der Waals surface area contributed by atoms with Crippen molar-refractivity contribution in [3.8, 4) is 5.75 Å². The molecule has 0 heterocycles. The first-order valence-electron chi connectivity index (χ1n) is 9.12. The lowest BCUT2D eigenvalue weighted by Crippen LogP contribution is -2.40. The van der Waals surface area contributed by atoms with Gasteiger partial charge in [0.05, 0.1) is 28.6 Å². The molecule has 1 N–H and O–H groups in total. The topological polar surface area (TPSA) is 75.7 Å². The fourth-order valence-electron chi connectivity index (χ4n) is 2.69. The number of rotatable bonds is 10. The van der Waals surface area contributed by atoms with Gasteiger partial charge < -0.3 is 10.1 Å². The Labute approximate surface area is 181 Å². The highest BCUT2D eigenvalue weighted by molar-refractivity contribution is 7.92. The van der Waals surface area contributed by atoms with Gasteiger partial charge in [0, 0.05) is 6.54 Å². The van der Waals surface area contributed by atoms with E-state index in [4.69, 9.17) is 27.9 Å². The van der Waals surface area contributed by atoms with Gasteiger partial charge in [-0.1, -0.05) is 41.4 Å². The average molecular weight is 459 g/mol. The van der Waals surface area contributed by atoms with Crippen LogP contribution in [0.1, 0.15) is 18.9 Å². The molecule has 0 saturated heterocycles. The van der Waals surface area contributed by atoms with Gasteiger partial charge in [-0.15, -0.1) is 0 Å². The minimum atomic E-state index is -3.72. The van der Waals surface area contributed by atoms with Crippen LogP contribution in [-0.2, 0) is 21.2 Å². The molecule has 0 spiro atoms. The third-order valence-corrected chi connectivity index (χ3v) is 6.02. The molecule has 0 saturated carbocycles. The number of nitrogens with zero attached hydrogens (tertiary/aromatic N) is 1. The van der Waals surface area contributed by atoms with E-state index in [1.54, 1.807) is 12.1 Å². The first kappa shape index (κ1) is 23.3. The summed E-state index contributed by atoms with van der Waals surface area (Å²) in [5, 5.41) is 3.05. The van der Waals surface area contributed by atoms with E-state index in [0.29, 0.717) is 13.2 Å². The summed E-state index contributed by atoms with van der Waals surface area (Å²) in [7, 11) is -3.72. The molecule has 9 heteroatoms. The summed E-state index contributed by atoms with van der Waals surface area (Å²) in [6, 6.07) is 12.4. The molecule has 0 aliphatic rings. The van der Waals surface area contributed by atoms with Crippen molar-refractivity contribution in [2.75, 3.05) is 30.3 Å². The van der Waals surface area contributed by atoms with E-state index in [2.05, 4.69) is 5.32 Å². The third-order valence-electron chi connectivity index (χ3n) is 4.09. The Kier molecular flexibility index (Phi) is 8.61. The van der Waals surface area contributed by atoms with Gasteiger partial charge in [-0.3, -0.25) is 9.10 Å². The molecule has 29 heavy (non-hydrogen) atoms. The second-order valence-electron chi connectivity index (χ2n) is 6.37. The van der Waals surface area contributed by atoms with Crippen LogP contribution in [0.2, 0.25) is 10.0 Å². The van der Waals surface area contributed by atoms with E-state index in [-0.39, 0.29) is 22.3 Å². The highest BCUT2D eigenvalue weighted by Crippen LogP contribution is 2.33. The number of nitrogens with one attached hydrogen (secondary N) is 1. The van der Waals surface area contributed by atoms with Crippen LogP contribution in [0.4, 0.5) is 5.69 Å². The monoisotopic (exact) mass is 458 g/mol. The van der Waals surface area contributed by atoms with Gasteiger partial charge >= 0.3 is 0 Å². The van der Waals surface area contributed by atoms with Crippen LogP contribution in [-0.4, -0.2) is 40.3 Å². The average Bonchev–Trinajstić information content (AvgIpc) is 2.66. The summed E-state index contributed by atoms with van der Waals surface area (Å²) >= 11 is 12.1. The smallest absolute Gasteiger partial charge is 0.240 e. The number of aryl methyl sites for hydroxylation is 1. The maximum absolute atomic E-state index is 12.3. The van der Waals surface area contributed by atoms with Crippen LogP contribution in [0.5, 0.6) is 5.75 Å². The van der Waals surface area contributed by atoms with E-state index in [1.165, 1.54) is 6.07 Å². The minimum Gasteiger partial charge on any atom is -0.494 e. The number of carbonyl (C=O) groups is 1. The SMILES string of the molecule is CCOc1ccc(CCCNC(=O)CN(c2cccc(Cl)c2Cl)S(C)(=O)=O)cc1. The molecule has 0 unspecified atom stereocenters. The van der Waals surface area contributed by atoms with Crippen molar-refractivity contribution >= 4 is 44.8 Å². The summed E-state index contributed by atoms with van der Waals surface area (Å²) in [6.07, 6.45) is 2.52. The number of carbonyl (C=O) groups excluding carboxylic acids is 1. The molecular weight excluding hydrogens is 435 g/mol. The first-order chi connectivity index (χ1) is 13.7. The van der Waals surface area contributed by atoms with Crippen LogP contribution in [0.3, 0.4) is 0 Å². The van der Waals surface area contributed by atoms with Gasteiger partial charge in [-0.2, -0.15) is 0 Å². The Morgan fingerprint density at radius 1 is 1.14 bits per heavy atom. The number of benzene rings is 2. The molecule has 2 rings (SSSR count). The predicted molar refractivity (Wildman–Crippen MR) is 118 cm³/mol. The quantitative estimate of drug-likeness (QED) is 0.547. The van der Waals surface area contributed by atoms with E-state index in [9.17, 15) is 13.2 Å². The minimum absolute atomic E-state index is 0.0860. The molecule has 0 atom stereocenters. The van der Waals surface area contributed by atoms with E-state index >= 15 is 0 Å². The number of hydrogen-bond acceptors (Lipinski definition) is 4. The summed E-state index contributed by atoms with van der Waals surface area (Å²) < 4.78 is 30.7. The Hall–Kier alpha value is -1.96. The summed E-state index contributed by atoms with van der Waals surface area (Å²) in [4.78, 5) is 12.3. The molecule has 0 aromatic heterocycles. The van der Waals surface area contributed by atoms with Crippen molar-refractivity contribution in [1.29, 1.82) is 0 Å². The van der Waals surface area contributed by atoms with Crippen molar-refractivity contribution in [2.24, 2.45) is 0 Å². The van der Waals surface area contributed by atoms with Gasteiger partial charge in [0.15, 0.2) is 0 Å². The highest BCUT2D eigenvalue weighted by Gasteiger charge is 2.23. The molecular formula is C20H24Cl2N2O4S. The lowest BCUT2D eigenvalue weighted by atomic mass is 10.1. The van der Waals surface area contributed by atoms with E-state index in [0.717, 1.165) is 34.7 Å². The Bertz CT molecular complexity index is 934. The maximum Gasteiger partial charge on any atom is 0.240 e. The summed E-state index contributed by atoms with van der Waals surface area (Å²) in [5.74, 6) is 0.406. The molecule has 0 aliphatic heterocycles. The van der Waals surface area contributed by atoms with Crippen molar-refractivity contribution in [3.05, 3.63) is 58.1 Å². The van der Waals surface area contributed by atoms with Gasteiger partial charge in [0.1, 0.15) is 12.3 Å². The molecule has 6 nitrogen and oxygen atoms in total. The molecule has 158 valence electrons. The van der Waals surface area contributed by atoms with Crippen LogP contribution < -0.4 is 14.4 Å². The lowest BCUT2D eigenvalue weighted by Gasteiger charge is -2.23. The fourth-order valence-corrected chi connectivity index (χ4v) is 4.00. The standard InChI is InChI=1S/C20H24Cl2N2O4S/c1-3-28-16-11-9-15(10-12-16)6-5-13-23-19(25)14-24(29(2,26)27)18-8-4-7-17(21)20(18)22/h4,7-12H,3,5-6,13-14H2,1-2H3,(H,23,25). The normalized spacial score (nSPS) is 11.2. The molecule has 0 radical (unpaired) electrons. The first-order valence-corrected chi connectivity index (χ1v) is 11.7. The second-order valence-corrected chi connectivity index (χ2v) is 9.07. The number of anilines is 1. The lowest BCUT2D eigenvalue weighted by molar-refractivity contribution is -0.119. The fraction of sp³-hybridized carbons (Fsp3) is 0.350. The number of ether oxygens (including phenoxy) is 1. The molecule has 2 aromatic carbocycles.